The quantitative estimate of drug-likeness (QED) is 0.512. The van der Waals surface area contributed by atoms with E-state index in [1.807, 2.05) is 6.20 Å². The predicted octanol–water partition coefficient (Wildman–Crippen LogP) is 4.13. The summed E-state index contributed by atoms with van der Waals surface area (Å²) >= 11 is 0. The van der Waals surface area contributed by atoms with Gasteiger partial charge in [0.25, 0.3) is 0 Å². The molecule has 144 valence electrons. The second-order valence-corrected chi connectivity index (χ2v) is 13.9. The molecule has 2 aromatic heterocycles. The Bertz CT molecular complexity index is 741. The monoisotopic (exact) mass is 376 g/mol. The van der Waals surface area contributed by atoms with Crippen LogP contribution in [0.15, 0.2) is 12.5 Å². The van der Waals surface area contributed by atoms with Gasteiger partial charge in [-0.15, -0.1) is 0 Å². The zero-order chi connectivity index (χ0) is 18.7. The minimum atomic E-state index is -1.08. The van der Waals surface area contributed by atoms with Crippen LogP contribution in [-0.2, 0) is 11.5 Å². The largest absolute Gasteiger partial charge is 0.489 e. The summed E-state index contributed by atoms with van der Waals surface area (Å²) in [5.41, 5.74) is 0.899. The number of hydrogen-bond donors (Lipinski definition) is 0. The Hall–Kier alpha value is -1.60. The van der Waals surface area contributed by atoms with Gasteiger partial charge in [0.15, 0.2) is 5.65 Å². The molecule has 6 nitrogen and oxygen atoms in total. The first kappa shape index (κ1) is 19.2. The number of hydrogen-bond acceptors (Lipinski definition) is 5. The van der Waals surface area contributed by atoms with Crippen LogP contribution in [0, 0.1) is 0 Å². The molecule has 26 heavy (non-hydrogen) atoms. The van der Waals surface area contributed by atoms with Gasteiger partial charge in [-0.25, -0.2) is 9.97 Å². The van der Waals surface area contributed by atoms with Gasteiger partial charge in [0.2, 0.25) is 0 Å². The molecule has 0 saturated heterocycles. The SMILES string of the molecule is CCCN1c2ncnc3c2c(cn3COCC[Si](C)(C)C)OC[C@@H]1CC. The lowest BCUT2D eigenvalue weighted by Gasteiger charge is -2.30. The van der Waals surface area contributed by atoms with Gasteiger partial charge >= 0.3 is 0 Å². The highest BCUT2D eigenvalue weighted by molar-refractivity contribution is 6.76. The average molecular weight is 377 g/mol. The van der Waals surface area contributed by atoms with E-state index < -0.39 is 8.07 Å². The van der Waals surface area contributed by atoms with Crippen LogP contribution in [0.5, 0.6) is 5.75 Å². The standard InChI is InChI=1S/C19H32N4O2Si/c1-6-8-23-15(7-2)12-25-16-11-22(14-24-9-10-26(3,4)5)18-17(16)19(23)21-13-20-18/h11,13,15H,6-10,12,14H2,1-5H3/t15-/m0/s1. The number of nitrogens with zero attached hydrogens (tertiary/aromatic N) is 4. The van der Waals surface area contributed by atoms with E-state index in [4.69, 9.17) is 9.47 Å². The highest BCUT2D eigenvalue weighted by Crippen LogP contribution is 2.37. The lowest BCUT2D eigenvalue weighted by atomic mass is 10.2. The Morgan fingerprint density at radius 1 is 1.27 bits per heavy atom. The molecule has 0 N–H and O–H groups in total. The fraction of sp³-hybridized carbons (Fsp3) is 0.684. The molecule has 1 aliphatic heterocycles. The van der Waals surface area contributed by atoms with Crippen LogP contribution in [0.2, 0.25) is 25.7 Å². The highest BCUT2D eigenvalue weighted by atomic mass is 28.3. The molecule has 0 amide bonds. The van der Waals surface area contributed by atoms with Gasteiger partial charge in [-0.05, 0) is 18.9 Å². The van der Waals surface area contributed by atoms with E-state index in [0.717, 1.165) is 54.6 Å². The summed E-state index contributed by atoms with van der Waals surface area (Å²) < 4.78 is 14.1. The molecule has 3 rings (SSSR count). The summed E-state index contributed by atoms with van der Waals surface area (Å²) in [4.78, 5) is 11.5. The van der Waals surface area contributed by atoms with Crippen molar-refractivity contribution in [3.63, 3.8) is 0 Å². The number of aromatic nitrogens is 3. The summed E-state index contributed by atoms with van der Waals surface area (Å²) in [6.45, 7) is 14.5. The van der Waals surface area contributed by atoms with Crippen molar-refractivity contribution < 1.29 is 9.47 Å². The molecule has 7 heteroatoms. The maximum atomic E-state index is 6.15. The van der Waals surface area contributed by atoms with Crippen LogP contribution >= 0.6 is 0 Å². The first-order chi connectivity index (χ1) is 12.4. The summed E-state index contributed by atoms with van der Waals surface area (Å²) in [6.07, 6.45) is 5.81. The van der Waals surface area contributed by atoms with Gasteiger partial charge < -0.3 is 18.9 Å². The second-order valence-electron chi connectivity index (χ2n) is 8.27. The Balaban J connectivity index is 1.87. The van der Waals surface area contributed by atoms with E-state index >= 15 is 0 Å². The Kier molecular flexibility index (Phi) is 5.87. The first-order valence-corrected chi connectivity index (χ1v) is 13.5. The maximum Gasteiger partial charge on any atom is 0.151 e. The lowest BCUT2D eigenvalue weighted by molar-refractivity contribution is 0.0894. The smallest absolute Gasteiger partial charge is 0.151 e. The third-order valence-electron chi connectivity index (χ3n) is 4.91. The maximum absolute atomic E-state index is 6.15. The molecule has 0 aromatic carbocycles. The third kappa shape index (κ3) is 4.04. The van der Waals surface area contributed by atoms with E-state index in [9.17, 15) is 0 Å². The summed E-state index contributed by atoms with van der Waals surface area (Å²) in [7, 11) is -1.08. The second kappa shape index (κ2) is 7.96. The summed E-state index contributed by atoms with van der Waals surface area (Å²) in [6, 6.07) is 1.51. The van der Waals surface area contributed by atoms with Gasteiger partial charge in [0.1, 0.15) is 36.6 Å². The van der Waals surface area contributed by atoms with Gasteiger partial charge in [-0.1, -0.05) is 33.5 Å². The lowest BCUT2D eigenvalue weighted by Crippen LogP contribution is -2.39. The van der Waals surface area contributed by atoms with E-state index in [1.54, 1.807) is 6.33 Å². The van der Waals surface area contributed by atoms with E-state index in [1.165, 1.54) is 0 Å². The minimum Gasteiger partial charge on any atom is -0.489 e. The topological polar surface area (TPSA) is 52.4 Å². The Labute approximate surface area is 157 Å². The van der Waals surface area contributed by atoms with Crippen molar-refractivity contribution in [2.24, 2.45) is 0 Å². The molecule has 1 aliphatic rings. The molecule has 0 aliphatic carbocycles. The molecule has 2 aromatic rings. The molecule has 0 unspecified atom stereocenters. The summed E-state index contributed by atoms with van der Waals surface area (Å²) in [5, 5.41) is 1.02. The zero-order valence-electron chi connectivity index (χ0n) is 16.8. The predicted molar refractivity (Wildman–Crippen MR) is 109 cm³/mol. The van der Waals surface area contributed by atoms with Crippen LogP contribution in [-0.4, -0.2) is 48.4 Å². The molecule has 0 saturated carbocycles. The van der Waals surface area contributed by atoms with Crippen molar-refractivity contribution >= 4 is 24.9 Å². The van der Waals surface area contributed by atoms with Crippen molar-refractivity contribution in [2.45, 2.75) is 65.1 Å². The van der Waals surface area contributed by atoms with Gasteiger partial charge in [0, 0.05) is 21.2 Å². The van der Waals surface area contributed by atoms with Gasteiger partial charge in [-0.2, -0.15) is 0 Å². The fourth-order valence-electron chi connectivity index (χ4n) is 3.36. The highest BCUT2D eigenvalue weighted by Gasteiger charge is 2.28. The molecule has 0 bridgehead atoms. The molecule has 3 heterocycles. The molecule has 0 spiro atoms. The fourth-order valence-corrected chi connectivity index (χ4v) is 4.11. The Morgan fingerprint density at radius 3 is 2.77 bits per heavy atom. The number of rotatable bonds is 8. The van der Waals surface area contributed by atoms with Crippen LogP contribution in [0.1, 0.15) is 26.7 Å². The molecule has 1 atom stereocenters. The number of ether oxygens (including phenoxy) is 2. The Morgan fingerprint density at radius 2 is 2.08 bits per heavy atom. The van der Waals surface area contributed by atoms with Crippen molar-refractivity contribution in [1.82, 2.24) is 14.5 Å². The first-order valence-electron chi connectivity index (χ1n) is 9.75. The normalized spacial score (nSPS) is 17.4. The summed E-state index contributed by atoms with van der Waals surface area (Å²) in [5.74, 6) is 1.87. The molecular weight excluding hydrogens is 344 g/mol. The molecular formula is C19H32N4O2Si. The number of anilines is 1. The zero-order valence-corrected chi connectivity index (χ0v) is 17.8. The van der Waals surface area contributed by atoms with Crippen molar-refractivity contribution in [2.75, 3.05) is 24.7 Å². The van der Waals surface area contributed by atoms with Crippen LogP contribution in [0.3, 0.4) is 0 Å². The van der Waals surface area contributed by atoms with Gasteiger partial charge in [-0.3, -0.25) is 0 Å². The third-order valence-corrected chi connectivity index (χ3v) is 6.61. The van der Waals surface area contributed by atoms with Crippen LogP contribution < -0.4 is 9.64 Å². The van der Waals surface area contributed by atoms with Gasteiger partial charge in [0.05, 0.1) is 12.2 Å². The van der Waals surface area contributed by atoms with Crippen molar-refractivity contribution in [3.05, 3.63) is 12.5 Å². The van der Waals surface area contributed by atoms with E-state index in [0.29, 0.717) is 19.4 Å². The molecule has 0 radical (unpaired) electrons. The molecule has 0 fully saturated rings. The van der Waals surface area contributed by atoms with Crippen molar-refractivity contribution in [1.29, 1.82) is 0 Å². The van der Waals surface area contributed by atoms with Crippen LogP contribution in [0.25, 0.3) is 11.0 Å². The van der Waals surface area contributed by atoms with E-state index in [-0.39, 0.29) is 0 Å². The van der Waals surface area contributed by atoms with Crippen LogP contribution in [0.4, 0.5) is 5.82 Å². The van der Waals surface area contributed by atoms with E-state index in [2.05, 4.69) is 52.9 Å². The minimum absolute atomic E-state index is 0.349. The average Bonchev–Trinajstić information content (AvgIpc) is 2.87. The van der Waals surface area contributed by atoms with Crippen molar-refractivity contribution in [3.8, 4) is 5.75 Å².